The predicted octanol–water partition coefficient (Wildman–Crippen LogP) is 3.01. The molecule has 0 fully saturated rings. The Morgan fingerprint density at radius 3 is 3.00 bits per heavy atom. The van der Waals surface area contributed by atoms with Crippen molar-refractivity contribution >= 4 is 23.2 Å². The van der Waals surface area contributed by atoms with Crippen LogP contribution >= 0.6 is 11.6 Å². The van der Waals surface area contributed by atoms with E-state index in [1.54, 1.807) is 6.07 Å². The number of hydrogen-bond donors (Lipinski definition) is 1. The van der Waals surface area contributed by atoms with Gasteiger partial charge in [-0.3, -0.25) is 4.79 Å². The van der Waals surface area contributed by atoms with E-state index >= 15 is 0 Å². The summed E-state index contributed by atoms with van der Waals surface area (Å²) in [7, 11) is 0. The van der Waals surface area contributed by atoms with Gasteiger partial charge in [0.15, 0.2) is 0 Å². The Morgan fingerprint density at radius 2 is 2.21 bits per heavy atom. The number of nitrogens with zero attached hydrogens (tertiary/aromatic N) is 1. The molecule has 2 aromatic rings. The van der Waals surface area contributed by atoms with Gasteiger partial charge in [-0.05, 0) is 30.5 Å². The summed E-state index contributed by atoms with van der Waals surface area (Å²) in [6, 6.07) is 7.32. The summed E-state index contributed by atoms with van der Waals surface area (Å²) in [6.07, 6.45) is 4.47. The van der Waals surface area contributed by atoms with Gasteiger partial charge in [0.2, 0.25) is 0 Å². The largest absolute Gasteiger partial charge is 0.472 e. The first kappa shape index (κ1) is 12.0. The number of amides is 1. The van der Waals surface area contributed by atoms with E-state index in [1.165, 1.54) is 12.5 Å². The van der Waals surface area contributed by atoms with Crippen LogP contribution in [0.2, 0.25) is 5.02 Å². The first-order chi connectivity index (χ1) is 9.25. The van der Waals surface area contributed by atoms with Gasteiger partial charge in [-0.2, -0.15) is 5.10 Å². The number of furan rings is 1. The summed E-state index contributed by atoms with van der Waals surface area (Å²) in [5.74, 6) is -0.281. The van der Waals surface area contributed by atoms with Crippen LogP contribution < -0.4 is 5.43 Å². The minimum atomic E-state index is -0.281. The van der Waals surface area contributed by atoms with Crippen LogP contribution in [0, 0.1) is 0 Å². The molecule has 0 unspecified atom stereocenters. The highest BCUT2D eigenvalue weighted by molar-refractivity contribution is 6.32. The van der Waals surface area contributed by atoms with Crippen molar-refractivity contribution in [1.29, 1.82) is 0 Å². The maximum absolute atomic E-state index is 11.7. The van der Waals surface area contributed by atoms with Crippen molar-refractivity contribution in [3.05, 3.63) is 58.5 Å². The van der Waals surface area contributed by atoms with E-state index in [4.69, 9.17) is 16.0 Å². The number of carbonyl (C=O) groups is 1. The van der Waals surface area contributed by atoms with Crippen LogP contribution in [0.5, 0.6) is 0 Å². The van der Waals surface area contributed by atoms with E-state index in [2.05, 4.69) is 10.5 Å². The Morgan fingerprint density at radius 1 is 1.32 bits per heavy atom. The van der Waals surface area contributed by atoms with Crippen LogP contribution in [-0.4, -0.2) is 11.6 Å². The molecule has 1 aliphatic rings. The molecule has 0 radical (unpaired) electrons. The van der Waals surface area contributed by atoms with Gasteiger partial charge >= 0.3 is 0 Å². The van der Waals surface area contributed by atoms with Crippen LogP contribution in [0.4, 0.5) is 0 Å². The highest BCUT2D eigenvalue weighted by Gasteiger charge is 2.20. The summed E-state index contributed by atoms with van der Waals surface area (Å²) < 4.78 is 4.85. The zero-order chi connectivity index (χ0) is 13.2. The third-order valence-corrected chi connectivity index (χ3v) is 3.47. The predicted molar refractivity (Wildman–Crippen MR) is 72.5 cm³/mol. The van der Waals surface area contributed by atoms with Crippen LogP contribution in [-0.2, 0) is 6.42 Å². The van der Waals surface area contributed by atoms with Gasteiger partial charge in [0.05, 0.1) is 17.5 Å². The Bertz CT molecular complexity index is 647. The second-order valence-corrected chi connectivity index (χ2v) is 4.68. The lowest BCUT2D eigenvalue weighted by Crippen LogP contribution is -2.18. The van der Waals surface area contributed by atoms with Crippen molar-refractivity contribution < 1.29 is 9.21 Å². The molecule has 19 heavy (non-hydrogen) atoms. The molecule has 4 nitrogen and oxygen atoms in total. The lowest BCUT2D eigenvalue weighted by molar-refractivity contribution is 0.0954. The first-order valence-electron chi connectivity index (χ1n) is 5.92. The fourth-order valence-electron chi connectivity index (χ4n) is 2.15. The third-order valence-electron chi connectivity index (χ3n) is 3.12. The number of halogens is 1. The summed E-state index contributed by atoms with van der Waals surface area (Å²) in [6.45, 7) is 0. The van der Waals surface area contributed by atoms with Gasteiger partial charge in [-0.15, -0.1) is 0 Å². The van der Waals surface area contributed by atoms with Gasteiger partial charge < -0.3 is 4.42 Å². The van der Waals surface area contributed by atoms with Gasteiger partial charge in [0.1, 0.15) is 6.26 Å². The zero-order valence-electron chi connectivity index (χ0n) is 10.0. The number of fused-ring (bicyclic) bond motifs is 1. The maximum atomic E-state index is 11.7. The molecule has 0 saturated carbocycles. The molecule has 96 valence electrons. The van der Waals surface area contributed by atoms with E-state index in [0.717, 1.165) is 34.7 Å². The molecule has 1 N–H and O–H groups in total. The van der Waals surface area contributed by atoms with E-state index in [1.807, 2.05) is 18.2 Å². The Labute approximate surface area is 115 Å². The second kappa shape index (κ2) is 4.90. The molecule has 1 amide bonds. The number of hydrogen-bond acceptors (Lipinski definition) is 3. The summed E-state index contributed by atoms with van der Waals surface area (Å²) >= 11 is 6.12. The summed E-state index contributed by atoms with van der Waals surface area (Å²) in [5, 5.41) is 4.93. The SMILES string of the molecule is O=C(N/N=C1/CCc2c(Cl)cccc21)c1ccoc1. The molecule has 1 aromatic heterocycles. The minimum Gasteiger partial charge on any atom is -0.472 e. The van der Waals surface area contributed by atoms with Crippen molar-refractivity contribution in [3.8, 4) is 0 Å². The van der Waals surface area contributed by atoms with E-state index in [0.29, 0.717) is 5.56 Å². The number of benzene rings is 1. The van der Waals surface area contributed by atoms with Crippen LogP contribution in [0.25, 0.3) is 0 Å². The highest BCUT2D eigenvalue weighted by Crippen LogP contribution is 2.28. The zero-order valence-corrected chi connectivity index (χ0v) is 10.8. The Balaban J connectivity index is 1.80. The third kappa shape index (κ3) is 2.27. The smallest absolute Gasteiger partial charge is 0.274 e. The molecule has 0 spiro atoms. The summed E-state index contributed by atoms with van der Waals surface area (Å²) in [4.78, 5) is 11.7. The van der Waals surface area contributed by atoms with E-state index < -0.39 is 0 Å². The van der Waals surface area contributed by atoms with Crippen molar-refractivity contribution in [2.45, 2.75) is 12.8 Å². The molecule has 0 saturated heterocycles. The Hall–Kier alpha value is -2.07. The number of carbonyl (C=O) groups excluding carboxylic acids is 1. The van der Waals surface area contributed by atoms with E-state index in [-0.39, 0.29) is 5.91 Å². The molecule has 1 aliphatic carbocycles. The average molecular weight is 275 g/mol. The van der Waals surface area contributed by atoms with Gasteiger partial charge in [-0.1, -0.05) is 23.7 Å². The van der Waals surface area contributed by atoms with Crippen molar-refractivity contribution in [2.75, 3.05) is 0 Å². The molecule has 1 heterocycles. The minimum absolute atomic E-state index is 0.281. The number of nitrogens with one attached hydrogen (secondary N) is 1. The van der Waals surface area contributed by atoms with Crippen LogP contribution in [0.1, 0.15) is 27.9 Å². The fourth-order valence-corrected chi connectivity index (χ4v) is 2.42. The standard InChI is InChI=1S/C14H11ClN2O2/c15-12-3-1-2-11-10(12)4-5-13(11)16-17-14(18)9-6-7-19-8-9/h1-3,6-8H,4-5H2,(H,17,18)/b16-13-. The molecular formula is C14H11ClN2O2. The highest BCUT2D eigenvalue weighted by atomic mass is 35.5. The Kier molecular flexibility index (Phi) is 3.09. The normalized spacial score (nSPS) is 15.5. The van der Waals surface area contributed by atoms with Crippen LogP contribution in [0.3, 0.4) is 0 Å². The molecule has 1 aromatic carbocycles. The lowest BCUT2D eigenvalue weighted by Gasteiger charge is -2.02. The lowest BCUT2D eigenvalue weighted by atomic mass is 10.1. The second-order valence-electron chi connectivity index (χ2n) is 4.28. The maximum Gasteiger partial charge on any atom is 0.274 e. The van der Waals surface area contributed by atoms with Gasteiger partial charge in [0, 0.05) is 10.6 Å². The molecule has 0 bridgehead atoms. The monoisotopic (exact) mass is 274 g/mol. The van der Waals surface area contributed by atoms with Crippen LogP contribution in [0.15, 0.2) is 46.3 Å². The molecule has 0 atom stereocenters. The van der Waals surface area contributed by atoms with Crippen molar-refractivity contribution in [3.63, 3.8) is 0 Å². The fraction of sp³-hybridized carbons (Fsp3) is 0.143. The number of rotatable bonds is 2. The van der Waals surface area contributed by atoms with Gasteiger partial charge in [-0.25, -0.2) is 5.43 Å². The van der Waals surface area contributed by atoms with Gasteiger partial charge in [0.25, 0.3) is 5.91 Å². The number of hydrazone groups is 1. The summed E-state index contributed by atoms with van der Waals surface area (Å²) in [5.41, 5.74) is 5.95. The molecular weight excluding hydrogens is 264 g/mol. The first-order valence-corrected chi connectivity index (χ1v) is 6.30. The quantitative estimate of drug-likeness (QED) is 0.856. The van der Waals surface area contributed by atoms with E-state index in [9.17, 15) is 4.79 Å². The van der Waals surface area contributed by atoms with Crippen molar-refractivity contribution in [2.24, 2.45) is 5.10 Å². The molecule has 0 aliphatic heterocycles. The molecule has 5 heteroatoms. The average Bonchev–Trinajstić information content (AvgIpc) is 3.06. The molecule has 3 rings (SSSR count). The van der Waals surface area contributed by atoms with Crippen molar-refractivity contribution in [1.82, 2.24) is 5.43 Å². The topological polar surface area (TPSA) is 54.6 Å².